The van der Waals surface area contributed by atoms with Gasteiger partial charge in [0.25, 0.3) is 5.91 Å². The molecule has 3 aromatic carbocycles. The summed E-state index contributed by atoms with van der Waals surface area (Å²) in [5, 5.41) is 32.9. The maximum Gasteiger partial charge on any atom is 0.336 e. The van der Waals surface area contributed by atoms with Gasteiger partial charge in [-0.1, -0.05) is 18.2 Å². The minimum Gasteiger partial charge on any atom is -0.478 e. The van der Waals surface area contributed by atoms with E-state index in [1.54, 1.807) is 16.8 Å². The summed E-state index contributed by atoms with van der Waals surface area (Å²) in [6.45, 7) is 0. The average molecular weight is 475 g/mol. The number of amides is 1. The predicted octanol–water partition coefficient (Wildman–Crippen LogP) is 3.60. The molecule has 3 N–H and O–H groups in total. The smallest absolute Gasteiger partial charge is 0.336 e. The van der Waals surface area contributed by atoms with E-state index >= 15 is 0 Å². The minimum absolute atomic E-state index is 0.135. The number of carbonyl (C=O) groups excluding carboxylic acids is 1. The van der Waals surface area contributed by atoms with E-state index in [0.29, 0.717) is 17.3 Å². The number of thioether (sulfide) groups is 1. The Labute approximate surface area is 197 Å². The van der Waals surface area contributed by atoms with Crippen molar-refractivity contribution in [3.63, 3.8) is 0 Å². The van der Waals surface area contributed by atoms with Crippen LogP contribution in [0.5, 0.6) is 0 Å². The highest BCUT2D eigenvalue weighted by Crippen LogP contribution is 2.25. The molecule has 10 nitrogen and oxygen atoms in total. The van der Waals surface area contributed by atoms with E-state index in [2.05, 4.69) is 20.8 Å². The van der Waals surface area contributed by atoms with E-state index in [4.69, 9.17) is 5.11 Å². The van der Waals surface area contributed by atoms with E-state index in [-0.39, 0.29) is 16.7 Å². The predicted molar refractivity (Wildman–Crippen MR) is 123 cm³/mol. The molecule has 0 aliphatic carbocycles. The van der Waals surface area contributed by atoms with Gasteiger partial charge in [0, 0.05) is 10.6 Å². The molecule has 0 bridgehead atoms. The molecule has 0 fully saturated rings. The lowest BCUT2D eigenvalue weighted by Gasteiger charge is -2.09. The second kappa shape index (κ2) is 9.96. The van der Waals surface area contributed by atoms with Crippen molar-refractivity contribution in [2.24, 2.45) is 0 Å². The van der Waals surface area contributed by atoms with Crippen molar-refractivity contribution < 1.29 is 24.6 Å². The zero-order chi connectivity index (χ0) is 24.1. The number of aromatic carboxylic acids is 2. The maximum atomic E-state index is 12.6. The SMILES string of the molecule is O=C(O)c1ccc(C(=O)Nc2ccc(SCc3nnnn3-c3ccccc3)cc2)c(C(=O)O)c1. The van der Waals surface area contributed by atoms with Crippen LogP contribution in [0.2, 0.25) is 0 Å². The fraction of sp³-hybridized carbons (Fsp3) is 0.0435. The Morgan fingerprint density at radius 2 is 1.62 bits per heavy atom. The fourth-order valence-electron chi connectivity index (χ4n) is 3.10. The molecule has 34 heavy (non-hydrogen) atoms. The zero-order valence-corrected chi connectivity index (χ0v) is 18.3. The average Bonchev–Trinajstić information content (AvgIpc) is 3.32. The van der Waals surface area contributed by atoms with Crippen LogP contribution in [0.15, 0.2) is 77.7 Å². The van der Waals surface area contributed by atoms with Gasteiger partial charge in [-0.15, -0.1) is 16.9 Å². The highest BCUT2D eigenvalue weighted by molar-refractivity contribution is 7.98. The molecule has 1 amide bonds. The van der Waals surface area contributed by atoms with Crippen LogP contribution in [0.1, 0.15) is 36.9 Å². The number of hydrogen-bond acceptors (Lipinski definition) is 7. The van der Waals surface area contributed by atoms with Crippen LogP contribution in [0.4, 0.5) is 5.69 Å². The first kappa shape index (κ1) is 22.7. The summed E-state index contributed by atoms with van der Waals surface area (Å²) >= 11 is 1.51. The molecule has 4 aromatic rings. The lowest BCUT2D eigenvalue weighted by atomic mass is 10.0. The highest BCUT2D eigenvalue weighted by Gasteiger charge is 2.19. The van der Waals surface area contributed by atoms with Crippen molar-refractivity contribution in [3.8, 4) is 5.69 Å². The summed E-state index contributed by atoms with van der Waals surface area (Å²) in [5.74, 6) is -2.12. The van der Waals surface area contributed by atoms with Gasteiger partial charge in [-0.2, -0.15) is 4.68 Å². The number of tetrazole rings is 1. The van der Waals surface area contributed by atoms with Crippen molar-refractivity contribution in [3.05, 3.63) is 95.3 Å². The summed E-state index contributed by atoms with van der Waals surface area (Å²) in [5.41, 5.74) is 0.582. The summed E-state index contributed by atoms with van der Waals surface area (Å²) in [6, 6.07) is 19.9. The minimum atomic E-state index is -1.39. The Morgan fingerprint density at radius 1 is 0.882 bits per heavy atom. The van der Waals surface area contributed by atoms with Gasteiger partial charge >= 0.3 is 11.9 Å². The molecule has 0 aliphatic rings. The van der Waals surface area contributed by atoms with Crippen molar-refractivity contribution in [2.45, 2.75) is 10.6 Å². The van der Waals surface area contributed by atoms with Crippen LogP contribution in [-0.2, 0) is 5.75 Å². The van der Waals surface area contributed by atoms with Crippen LogP contribution < -0.4 is 5.32 Å². The molecule has 1 heterocycles. The molecule has 0 aliphatic heterocycles. The zero-order valence-electron chi connectivity index (χ0n) is 17.5. The van der Waals surface area contributed by atoms with E-state index in [9.17, 15) is 19.5 Å². The molecule has 0 unspecified atom stereocenters. The number of carbonyl (C=O) groups is 3. The van der Waals surface area contributed by atoms with Crippen LogP contribution >= 0.6 is 11.8 Å². The first-order valence-corrected chi connectivity index (χ1v) is 10.9. The number of anilines is 1. The van der Waals surface area contributed by atoms with Gasteiger partial charge in [-0.25, -0.2) is 9.59 Å². The lowest BCUT2D eigenvalue weighted by molar-refractivity contribution is 0.0692. The van der Waals surface area contributed by atoms with Crippen LogP contribution in [0, 0.1) is 0 Å². The number of nitrogens with one attached hydrogen (secondary N) is 1. The standard InChI is InChI=1S/C23H17N5O5S/c29-21(18-11-6-14(22(30)31)12-19(18)23(32)33)24-15-7-9-17(10-8-15)34-13-20-25-26-27-28(20)16-4-2-1-3-5-16/h1-12H,13H2,(H,24,29)(H,30,31)(H,32,33). The topological polar surface area (TPSA) is 147 Å². The van der Waals surface area contributed by atoms with Crippen LogP contribution in [0.25, 0.3) is 5.69 Å². The highest BCUT2D eigenvalue weighted by atomic mass is 32.2. The van der Waals surface area contributed by atoms with Crippen molar-refractivity contribution >= 4 is 35.3 Å². The molecule has 0 spiro atoms. The molecular formula is C23H17N5O5S. The quantitative estimate of drug-likeness (QED) is 0.325. The summed E-state index contributed by atoms with van der Waals surface area (Å²) in [6.07, 6.45) is 0. The van der Waals surface area contributed by atoms with Gasteiger partial charge in [-0.05, 0) is 65.0 Å². The van der Waals surface area contributed by atoms with E-state index < -0.39 is 17.8 Å². The van der Waals surface area contributed by atoms with Gasteiger partial charge in [0.05, 0.1) is 28.1 Å². The first-order valence-electron chi connectivity index (χ1n) is 9.90. The van der Waals surface area contributed by atoms with Crippen LogP contribution in [-0.4, -0.2) is 48.3 Å². The third-order valence-corrected chi connectivity index (χ3v) is 5.76. The number of carboxylic acids is 2. The molecule has 0 radical (unpaired) electrons. The molecular weight excluding hydrogens is 458 g/mol. The van der Waals surface area contributed by atoms with Gasteiger partial charge in [0.2, 0.25) is 0 Å². The molecule has 11 heteroatoms. The number of benzene rings is 3. The molecule has 0 saturated heterocycles. The molecule has 4 rings (SSSR count). The summed E-state index contributed by atoms with van der Waals surface area (Å²) < 4.78 is 1.66. The lowest BCUT2D eigenvalue weighted by Crippen LogP contribution is -2.17. The molecule has 0 atom stereocenters. The van der Waals surface area contributed by atoms with Crippen molar-refractivity contribution in [2.75, 3.05) is 5.32 Å². The number of rotatable bonds is 8. The number of aromatic nitrogens is 4. The molecule has 170 valence electrons. The Balaban J connectivity index is 1.42. The van der Waals surface area contributed by atoms with Crippen molar-refractivity contribution in [1.82, 2.24) is 20.2 Å². The number of carboxylic acid groups (broad SMARTS) is 2. The maximum absolute atomic E-state index is 12.6. The van der Waals surface area contributed by atoms with Gasteiger partial charge in [0.15, 0.2) is 5.82 Å². The Bertz CT molecular complexity index is 1360. The van der Waals surface area contributed by atoms with Crippen molar-refractivity contribution in [1.29, 1.82) is 0 Å². The van der Waals surface area contributed by atoms with Gasteiger partial charge in [0.1, 0.15) is 0 Å². The molecule has 1 aromatic heterocycles. The van der Waals surface area contributed by atoms with E-state index in [1.807, 2.05) is 42.5 Å². The Hall–Kier alpha value is -4.51. The van der Waals surface area contributed by atoms with E-state index in [1.165, 1.54) is 23.9 Å². The second-order valence-electron chi connectivity index (χ2n) is 6.98. The monoisotopic (exact) mass is 475 g/mol. The Morgan fingerprint density at radius 3 is 2.29 bits per heavy atom. The second-order valence-corrected chi connectivity index (χ2v) is 8.03. The normalized spacial score (nSPS) is 10.6. The first-order chi connectivity index (χ1) is 16.4. The fourth-order valence-corrected chi connectivity index (χ4v) is 3.90. The number of nitrogens with zero attached hydrogens (tertiary/aromatic N) is 4. The van der Waals surface area contributed by atoms with Gasteiger partial charge in [-0.3, -0.25) is 4.79 Å². The third kappa shape index (κ3) is 5.10. The summed E-state index contributed by atoms with van der Waals surface area (Å²) in [4.78, 5) is 36.1. The summed E-state index contributed by atoms with van der Waals surface area (Å²) in [7, 11) is 0. The van der Waals surface area contributed by atoms with E-state index in [0.717, 1.165) is 16.6 Å². The van der Waals surface area contributed by atoms with Crippen LogP contribution in [0.3, 0.4) is 0 Å². The van der Waals surface area contributed by atoms with Gasteiger partial charge < -0.3 is 15.5 Å². The number of hydrogen-bond donors (Lipinski definition) is 3. The largest absolute Gasteiger partial charge is 0.478 e. The number of para-hydroxylation sites is 1. The Kier molecular flexibility index (Phi) is 6.64. The third-order valence-electron chi connectivity index (χ3n) is 4.76. The molecule has 0 saturated carbocycles.